The molecule has 3 aromatic carbocycles. The molecular weight excluding hydrogens is 494 g/mol. The van der Waals surface area contributed by atoms with Crippen LogP contribution in [0.1, 0.15) is 35.3 Å². The van der Waals surface area contributed by atoms with Crippen molar-refractivity contribution in [1.82, 2.24) is 4.98 Å². The van der Waals surface area contributed by atoms with Crippen LogP contribution in [0.25, 0.3) is 22.2 Å². The fourth-order valence-corrected chi connectivity index (χ4v) is 4.62. The Labute approximate surface area is 225 Å². The van der Waals surface area contributed by atoms with E-state index in [9.17, 15) is 14.4 Å². The molecule has 0 spiro atoms. The van der Waals surface area contributed by atoms with E-state index in [0.29, 0.717) is 33.8 Å². The molecule has 9 heteroatoms. The third kappa shape index (κ3) is 4.87. The average Bonchev–Trinajstić information content (AvgIpc) is 3.52. The van der Waals surface area contributed by atoms with Gasteiger partial charge in [-0.15, -0.1) is 0 Å². The summed E-state index contributed by atoms with van der Waals surface area (Å²) in [6, 6.07) is 20.2. The first-order chi connectivity index (χ1) is 18.6. The minimum atomic E-state index is -1.00. The molecular formula is C30H29N5O4. The number of anilines is 3. The van der Waals surface area contributed by atoms with Crippen molar-refractivity contribution in [3.8, 4) is 0 Å². The van der Waals surface area contributed by atoms with Gasteiger partial charge in [-0.2, -0.15) is 0 Å². The summed E-state index contributed by atoms with van der Waals surface area (Å²) < 4.78 is 4.83. The van der Waals surface area contributed by atoms with Crippen molar-refractivity contribution in [3.63, 3.8) is 0 Å². The molecule has 0 saturated carbocycles. The number of nitrogens with one attached hydrogen (secondary N) is 3. The zero-order valence-corrected chi connectivity index (χ0v) is 22.1. The van der Waals surface area contributed by atoms with Crippen LogP contribution in [-0.4, -0.2) is 42.5 Å². The summed E-state index contributed by atoms with van der Waals surface area (Å²) in [4.78, 5) is 42.7. The molecule has 1 aromatic heterocycles. The molecule has 0 fully saturated rings. The number of methoxy groups -OCH3 is 1. The molecule has 0 radical (unpaired) electrons. The summed E-state index contributed by atoms with van der Waals surface area (Å²) in [6.07, 6.45) is 1.86. The zero-order chi connectivity index (χ0) is 27.9. The monoisotopic (exact) mass is 523 g/mol. The quantitative estimate of drug-likeness (QED) is 0.216. The number of ether oxygens (including phenoxy) is 1. The average molecular weight is 524 g/mol. The van der Waals surface area contributed by atoms with Crippen LogP contribution in [-0.2, 0) is 14.3 Å². The highest BCUT2D eigenvalue weighted by atomic mass is 16.5. The molecule has 2 heterocycles. The summed E-state index contributed by atoms with van der Waals surface area (Å²) in [5, 5.41) is 7.30. The minimum Gasteiger partial charge on any atom is -0.465 e. The Morgan fingerprint density at radius 2 is 1.69 bits per heavy atom. The molecule has 198 valence electrons. The molecule has 0 aliphatic carbocycles. The lowest BCUT2D eigenvalue weighted by molar-refractivity contribution is -0.122. The number of amides is 2. The van der Waals surface area contributed by atoms with Gasteiger partial charge in [0.25, 0.3) is 5.91 Å². The van der Waals surface area contributed by atoms with Crippen LogP contribution in [0.15, 0.2) is 72.9 Å². The van der Waals surface area contributed by atoms with Crippen LogP contribution >= 0.6 is 0 Å². The Hall–Kier alpha value is -4.89. The van der Waals surface area contributed by atoms with Crippen LogP contribution < -0.4 is 21.3 Å². The molecule has 9 nitrogen and oxygen atoms in total. The summed E-state index contributed by atoms with van der Waals surface area (Å²) in [5.74, 6) is -0.991. The summed E-state index contributed by atoms with van der Waals surface area (Å²) in [5.41, 5.74) is 10.7. The molecule has 2 amide bonds. The normalized spacial score (nSPS) is 14.0. The second-order valence-electron chi connectivity index (χ2n) is 9.99. The summed E-state index contributed by atoms with van der Waals surface area (Å²) >= 11 is 0. The molecule has 4 aromatic rings. The number of carbonyl (C=O) groups excluding carboxylic acids is 3. The number of aromatic amines is 1. The van der Waals surface area contributed by atoms with Crippen LogP contribution in [0.5, 0.6) is 0 Å². The van der Waals surface area contributed by atoms with Crippen LogP contribution in [0.4, 0.5) is 17.1 Å². The van der Waals surface area contributed by atoms with Gasteiger partial charge in [0.2, 0.25) is 5.91 Å². The van der Waals surface area contributed by atoms with Gasteiger partial charge in [0.15, 0.2) is 0 Å². The highest BCUT2D eigenvalue weighted by molar-refractivity contribution is 6.37. The van der Waals surface area contributed by atoms with Crippen molar-refractivity contribution in [2.75, 3.05) is 29.7 Å². The predicted molar refractivity (Wildman–Crippen MR) is 153 cm³/mol. The van der Waals surface area contributed by atoms with Crippen molar-refractivity contribution >= 4 is 57.0 Å². The van der Waals surface area contributed by atoms with Gasteiger partial charge in [-0.3, -0.25) is 9.59 Å². The number of esters is 1. The molecule has 0 atom stereocenters. The second kappa shape index (κ2) is 9.77. The third-order valence-electron chi connectivity index (χ3n) is 6.66. The number of fused-ring (bicyclic) bond motifs is 2. The Kier molecular flexibility index (Phi) is 6.45. The molecule has 39 heavy (non-hydrogen) atoms. The van der Waals surface area contributed by atoms with Gasteiger partial charge in [-0.25, -0.2) is 4.79 Å². The van der Waals surface area contributed by atoms with E-state index in [1.165, 1.54) is 12.0 Å². The Balaban J connectivity index is 1.58. The smallest absolute Gasteiger partial charge is 0.337 e. The minimum absolute atomic E-state index is 0.212. The van der Waals surface area contributed by atoms with E-state index in [1.807, 2.05) is 54.7 Å². The van der Waals surface area contributed by atoms with Crippen LogP contribution in [0.3, 0.4) is 0 Å². The topological polar surface area (TPSA) is 130 Å². The van der Waals surface area contributed by atoms with Gasteiger partial charge in [0, 0.05) is 41.1 Å². The van der Waals surface area contributed by atoms with E-state index in [4.69, 9.17) is 10.5 Å². The first-order valence-electron chi connectivity index (χ1n) is 12.4. The van der Waals surface area contributed by atoms with Crippen molar-refractivity contribution in [2.24, 2.45) is 5.73 Å². The highest BCUT2D eigenvalue weighted by Gasteiger charge is 2.30. The Morgan fingerprint density at radius 1 is 0.974 bits per heavy atom. The number of H-pyrrole nitrogens is 1. The fraction of sp³-hybridized carbons (Fsp3) is 0.167. The van der Waals surface area contributed by atoms with Gasteiger partial charge < -0.3 is 31.0 Å². The SMILES string of the molecule is COC(=O)c1ccc2c(c1)NC(=O)/C2=C(\Nc1ccc(N(C)C(=O)C(C)(C)N)cc1)c1ccc2[nH]ccc2c1. The van der Waals surface area contributed by atoms with Crippen molar-refractivity contribution in [2.45, 2.75) is 19.4 Å². The molecule has 0 saturated heterocycles. The number of hydrogen-bond acceptors (Lipinski definition) is 6. The maximum atomic E-state index is 13.3. The lowest BCUT2D eigenvalue weighted by Crippen LogP contribution is -2.49. The number of likely N-dealkylation sites (N-methyl/N-ethyl adjacent to an activating group) is 1. The number of benzene rings is 3. The first-order valence-corrected chi connectivity index (χ1v) is 12.4. The van der Waals surface area contributed by atoms with Crippen LogP contribution in [0.2, 0.25) is 0 Å². The predicted octanol–water partition coefficient (Wildman–Crippen LogP) is 4.59. The van der Waals surface area contributed by atoms with Gasteiger partial charge in [-0.1, -0.05) is 12.1 Å². The lowest BCUT2D eigenvalue weighted by atomic mass is 9.98. The number of carbonyl (C=O) groups is 3. The molecule has 5 N–H and O–H groups in total. The Bertz CT molecular complexity index is 1640. The number of nitrogens with zero attached hydrogens (tertiary/aromatic N) is 1. The zero-order valence-electron chi connectivity index (χ0n) is 22.1. The molecule has 1 aliphatic heterocycles. The highest BCUT2D eigenvalue weighted by Crippen LogP contribution is 2.39. The maximum absolute atomic E-state index is 13.3. The molecule has 5 rings (SSSR count). The molecule has 0 bridgehead atoms. The Morgan fingerprint density at radius 3 is 2.38 bits per heavy atom. The van der Waals surface area contributed by atoms with E-state index < -0.39 is 11.5 Å². The number of rotatable bonds is 6. The van der Waals surface area contributed by atoms with Gasteiger partial charge in [0.05, 0.1) is 35.2 Å². The van der Waals surface area contributed by atoms with Crippen molar-refractivity contribution in [3.05, 3.63) is 89.6 Å². The number of hydrogen-bond donors (Lipinski definition) is 4. The number of aromatic nitrogens is 1. The van der Waals surface area contributed by atoms with E-state index in [2.05, 4.69) is 15.6 Å². The van der Waals surface area contributed by atoms with Gasteiger partial charge >= 0.3 is 5.97 Å². The lowest BCUT2D eigenvalue weighted by Gasteiger charge is -2.26. The summed E-state index contributed by atoms with van der Waals surface area (Å²) in [6.45, 7) is 3.33. The van der Waals surface area contributed by atoms with E-state index in [1.54, 1.807) is 39.1 Å². The molecule has 0 unspecified atom stereocenters. The molecule has 1 aliphatic rings. The van der Waals surface area contributed by atoms with Crippen molar-refractivity contribution < 1.29 is 19.1 Å². The first kappa shape index (κ1) is 25.7. The van der Waals surface area contributed by atoms with E-state index >= 15 is 0 Å². The van der Waals surface area contributed by atoms with Gasteiger partial charge in [-0.05, 0) is 74.0 Å². The second-order valence-corrected chi connectivity index (χ2v) is 9.99. The van der Waals surface area contributed by atoms with Crippen molar-refractivity contribution in [1.29, 1.82) is 0 Å². The third-order valence-corrected chi connectivity index (χ3v) is 6.66. The maximum Gasteiger partial charge on any atom is 0.337 e. The van der Waals surface area contributed by atoms with Crippen LogP contribution in [0, 0.1) is 0 Å². The van der Waals surface area contributed by atoms with E-state index in [-0.39, 0.29) is 11.8 Å². The fourth-order valence-electron chi connectivity index (χ4n) is 4.62. The van der Waals surface area contributed by atoms with Gasteiger partial charge in [0.1, 0.15) is 0 Å². The largest absolute Gasteiger partial charge is 0.465 e. The number of nitrogens with two attached hydrogens (primary N) is 1. The summed E-state index contributed by atoms with van der Waals surface area (Å²) in [7, 11) is 3.00. The standard InChI is InChI=1S/C30H29N5O4/c1-30(2,31)29(38)35(3)21-9-7-20(8-10-21)33-26(18-6-12-23-17(15-18)13-14-32-23)25-22-11-5-19(28(37)39-4)16-24(22)34-27(25)36/h5-16,32-33H,31H2,1-4H3,(H,34,36)/b26-25-. The van der Waals surface area contributed by atoms with E-state index in [0.717, 1.165) is 22.2 Å².